The number of carbonyl (C=O) groups excluding carboxylic acids is 2. The monoisotopic (exact) mass is 417 g/mol. The van der Waals surface area contributed by atoms with Gasteiger partial charge in [-0.2, -0.15) is 0 Å². The van der Waals surface area contributed by atoms with Crippen LogP contribution in [0.1, 0.15) is 64.4 Å². The smallest absolute Gasteiger partial charge is 0.492 e. The predicted molar refractivity (Wildman–Crippen MR) is 117 cm³/mol. The van der Waals surface area contributed by atoms with Crippen molar-refractivity contribution in [3.63, 3.8) is 0 Å². The average Bonchev–Trinajstić information content (AvgIpc) is 2.84. The molecule has 0 aliphatic carbocycles. The summed E-state index contributed by atoms with van der Waals surface area (Å²) in [5, 5.41) is 2.76. The Hall–Kier alpha value is -2.32. The molecule has 0 atom stereocenters. The van der Waals surface area contributed by atoms with Crippen molar-refractivity contribution in [2.45, 2.75) is 65.3 Å². The quantitative estimate of drug-likeness (QED) is 0.556. The number of benzene rings is 1. The third kappa shape index (κ3) is 5.86. The molecule has 1 aromatic carbocycles. The number of carbonyl (C=O) groups is 2. The van der Waals surface area contributed by atoms with Crippen LogP contribution in [-0.2, 0) is 14.0 Å². The van der Waals surface area contributed by atoms with E-state index in [4.69, 9.17) is 18.8 Å². The van der Waals surface area contributed by atoms with Crippen LogP contribution in [-0.4, -0.2) is 50.0 Å². The molecule has 0 saturated carbocycles. The number of rotatable bonds is 6. The first kappa shape index (κ1) is 24.0. The highest BCUT2D eigenvalue weighted by Gasteiger charge is 2.52. The molecule has 30 heavy (non-hydrogen) atoms. The van der Waals surface area contributed by atoms with Crippen LogP contribution in [0.3, 0.4) is 0 Å². The molecule has 7 nitrogen and oxygen atoms in total. The van der Waals surface area contributed by atoms with E-state index >= 15 is 0 Å². The molecule has 2 rings (SSSR count). The van der Waals surface area contributed by atoms with E-state index in [0.717, 1.165) is 11.8 Å². The van der Waals surface area contributed by atoms with Crippen LogP contribution in [0.5, 0.6) is 5.75 Å². The molecular formula is C22H32BNO6. The van der Waals surface area contributed by atoms with E-state index in [2.05, 4.69) is 5.32 Å². The summed E-state index contributed by atoms with van der Waals surface area (Å²) in [5.41, 5.74) is 0.218. The minimum Gasteiger partial charge on any atom is -0.496 e. The molecule has 0 bridgehead atoms. The number of nitrogens with one attached hydrogen (secondary N) is 1. The van der Waals surface area contributed by atoms with Gasteiger partial charge in [0.15, 0.2) is 6.29 Å². The van der Waals surface area contributed by atoms with Gasteiger partial charge >= 0.3 is 13.2 Å². The van der Waals surface area contributed by atoms with E-state index in [9.17, 15) is 9.59 Å². The number of alkyl carbamates (subject to hydrolysis) is 1. The molecule has 164 valence electrons. The van der Waals surface area contributed by atoms with E-state index in [-0.39, 0.29) is 6.54 Å². The molecule has 1 fully saturated rings. The minimum atomic E-state index is -0.660. The zero-order valence-corrected chi connectivity index (χ0v) is 19.1. The van der Waals surface area contributed by atoms with Gasteiger partial charge in [-0.15, -0.1) is 0 Å². The lowest BCUT2D eigenvalue weighted by molar-refractivity contribution is 0.00578. The molecule has 1 heterocycles. The van der Waals surface area contributed by atoms with Gasteiger partial charge in [0.05, 0.1) is 23.9 Å². The van der Waals surface area contributed by atoms with E-state index < -0.39 is 30.0 Å². The molecule has 0 unspecified atom stereocenters. The molecule has 0 aromatic heterocycles. The van der Waals surface area contributed by atoms with Gasteiger partial charge in [0.25, 0.3) is 0 Å². The summed E-state index contributed by atoms with van der Waals surface area (Å²) in [6.45, 7) is 13.4. The molecule has 1 amide bonds. The second kappa shape index (κ2) is 8.82. The highest BCUT2D eigenvalue weighted by molar-refractivity contribution is 6.56. The lowest BCUT2D eigenvalue weighted by atomic mass is 9.77. The summed E-state index contributed by atoms with van der Waals surface area (Å²) in [5.74, 6) is 0.492. The second-order valence-electron chi connectivity index (χ2n) is 9.28. The Balaban J connectivity index is 2.33. The van der Waals surface area contributed by atoms with Crippen molar-refractivity contribution < 1.29 is 28.4 Å². The molecule has 1 aliphatic heterocycles. The summed E-state index contributed by atoms with van der Waals surface area (Å²) in [6, 6.07) is 5.26. The Bertz CT molecular complexity index is 809. The summed E-state index contributed by atoms with van der Waals surface area (Å²) in [4.78, 5) is 23.5. The molecule has 1 N–H and O–H groups in total. The van der Waals surface area contributed by atoms with Crippen LogP contribution < -0.4 is 10.1 Å². The maximum atomic E-state index is 12.2. The topological polar surface area (TPSA) is 83.1 Å². The summed E-state index contributed by atoms with van der Waals surface area (Å²) < 4.78 is 22.8. The van der Waals surface area contributed by atoms with E-state index in [1.54, 1.807) is 32.9 Å². The number of hydrogen-bond donors (Lipinski definition) is 1. The summed E-state index contributed by atoms with van der Waals surface area (Å²) >= 11 is 0. The molecule has 0 spiro atoms. The molecule has 1 aromatic rings. The van der Waals surface area contributed by atoms with Crippen molar-refractivity contribution in [1.29, 1.82) is 0 Å². The molecule has 0 radical (unpaired) electrons. The largest absolute Gasteiger partial charge is 0.496 e. The summed E-state index contributed by atoms with van der Waals surface area (Å²) in [6.07, 6.45) is 2.04. The van der Waals surface area contributed by atoms with Gasteiger partial charge in [-0.1, -0.05) is 12.1 Å². The molecule has 1 saturated heterocycles. The Kier molecular flexibility index (Phi) is 7.04. The Morgan fingerprint density at radius 1 is 1.17 bits per heavy atom. The predicted octanol–water partition coefficient (Wildman–Crippen LogP) is 4.05. The van der Waals surface area contributed by atoms with Gasteiger partial charge in [0.1, 0.15) is 11.4 Å². The van der Waals surface area contributed by atoms with E-state index in [1.807, 2.05) is 39.8 Å². The number of hydrogen-bond acceptors (Lipinski definition) is 6. The van der Waals surface area contributed by atoms with Gasteiger partial charge < -0.3 is 24.1 Å². The van der Waals surface area contributed by atoms with E-state index in [0.29, 0.717) is 16.8 Å². The maximum absolute atomic E-state index is 12.2. The zero-order chi connectivity index (χ0) is 22.7. The average molecular weight is 417 g/mol. The number of ether oxygens (including phenoxy) is 2. The van der Waals surface area contributed by atoms with Crippen molar-refractivity contribution in [2.24, 2.45) is 0 Å². The Morgan fingerprint density at radius 3 is 2.27 bits per heavy atom. The van der Waals surface area contributed by atoms with Crippen LogP contribution in [0.2, 0.25) is 0 Å². The number of amides is 1. The first-order chi connectivity index (χ1) is 13.8. The van der Waals surface area contributed by atoms with Crippen molar-refractivity contribution in [3.8, 4) is 5.75 Å². The number of methoxy groups -OCH3 is 1. The zero-order valence-electron chi connectivity index (χ0n) is 19.1. The fraction of sp³-hybridized carbons (Fsp3) is 0.545. The number of aldehydes is 1. The Morgan fingerprint density at radius 2 is 1.77 bits per heavy atom. The third-order valence-electron chi connectivity index (χ3n) is 5.12. The molecular weight excluding hydrogens is 385 g/mol. The normalized spacial score (nSPS) is 18.1. The van der Waals surface area contributed by atoms with Gasteiger partial charge in [0, 0.05) is 6.54 Å². The first-order valence-electron chi connectivity index (χ1n) is 9.94. The SMILES string of the molecule is COc1ccc(C=C(CNC(=O)OC(C)(C)C)B2OC(C)(C)C(C)(C)O2)cc1C=O. The lowest BCUT2D eigenvalue weighted by Crippen LogP contribution is -2.41. The molecule has 1 aliphatic rings. The van der Waals surface area contributed by atoms with Gasteiger partial charge in [-0.3, -0.25) is 4.79 Å². The fourth-order valence-electron chi connectivity index (χ4n) is 2.83. The van der Waals surface area contributed by atoms with Crippen molar-refractivity contribution in [3.05, 3.63) is 34.8 Å². The van der Waals surface area contributed by atoms with Crippen LogP contribution in [0.4, 0.5) is 4.79 Å². The first-order valence-corrected chi connectivity index (χ1v) is 9.94. The van der Waals surface area contributed by atoms with Crippen LogP contribution in [0.25, 0.3) is 6.08 Å². The third-order valence-corrected chi connectivity index (χ3v) is 5.12. The van der Waals surface area contributed by atoms with Crippen molar-refractivity contribution in [2.75, 3.05) is 13.7 Å². The van der Waals surface area contributed by atoms with Crippen LogP contribution in [0.15, 0.2) is 23.7 Å². The van der Waals surface area contributed by atoms with Crippen molar-refractivity contribution in [1.82, 2.24) is 5.32 Å². The van der Waals surface area contributed by atoms with Gasteiger partial charge in [-0.05, 0) is 71.6 Å². The molecule has 8 heteroatoms. The van der Waals surface area contributed by atoms with E-state index in [1.165, 1.54) is 7.11 Å². The van der Waals surface area contributed by atoms with Gasteiger partial charge in [0.2, 0.25) is 0 Å². The minimum absolute atomic E-state index is 0.161. The highest BCUT2D eigenvalue weighted by atomic mass is 16.7. The lowest BCUT2D eigenvalue weighted by Gasteiger charge is -2.32. The van der Waals surface area contributed by atoms with Crippen LogP contribution in [0, 0.1) is 0 Å². The maximum Gasteiger partial charge on any atom is 0.492 e. The highest BCUT2D eigenvalue weighted by Crippen LogP contribution is 2.38. The van der Waals surface area contributed by atoms with Gasteiger partial charge in [-0.25, -0.2) is 4.79 Å². The fourth-order valence-corrected chi connectivity index (χ4v) is 2.83. The second-order valence-corrected chi connectivity index (χ2v) is 9.28. The van der Waals surface area contributed by atoms with Crippen molar-refractivity contribution >= 4 is 25.6 Å². The standard InChI is InChI=1S/C22H32BNO6/c1-20(2,3)28-19(26)24-13-17(23-29-21(4,5)22(6,7)30-23)12-15-9-10-18(27-8)16(11-15)14-25/h9-12,14H,13H2,1-8H3,(H,24,26). The van der Waals surface area contributed by atoms with Crippen LogP contribution >= 0.6 is 0 Å². The Labute approximate surface area is 179 Å². The summed E-state index contributed by atoms with van der Waals surface area (Å²) in [7, 11) is 0.852.